The van der Waals surface area contributed by atoms with Gasteiger partial charge in [0.05, 0.1) is 11.1 Å². The number of hydrogen-bond acceptors (Lipinski definition) is 2. The molecule has 4 nitrogen and oxygen atoms in total. The van der Waals surface area contributed by atoms with E-state index in [-0.39, 0.29) is 5.91 Å². The zero-order valence-electron chi connectivity index (χ0n) is 10.9. The first-order valence-electron chi connectivity index (χ1n) is 6.54. The molecule has 1 aliphatic heterocycles. The molecule has 0 radical (unpaired) electrons. The Morgan fingerprint density at radius 2 is 2.28 bits per heavy atom. The summed E-state index contributed by atoms with van der Waals surface area (Å²) in [4.78, 5) is 14.5. The van der Waals surface area contributed by atoms with Crippen LogP contribution in [-0.2, 0) is 6.54 Å². The van der Waals surface area contributed by atoms with Crippen LogP contribution in [-0.4, -0.2) is 41.1 Å². The molecule has 1 aliphatic rings. The molecule has 1 saturated heterocycles. The second-order valence-corrected chi connectivity index (χ2v) is 5.08. The average Bonchev–Trinajstić information content (AvgIpc) is 2.66. The predicted octanol–water partition coefficient (Wildman–Crippen LogP) is 1.99. The number of halogens is 1. The second kappa shape index (κ2) is 5.76. The molecular formula is C13H20ClN3O. The first kappa shape index (κ1) is 13.4. The first-order chi connectivity index (χ1) is 8.67. The molecule has 2 rings (SSSR count). The smallest absolute Gasteiger partial charge is 0.270 e. The van der Waals surface area contributed by atoms with E-state index in [1.165, 1.54) is 0 Å². The van der Waals surface area contributed by atoms with Crippen molar-refractivity contribution in [1.29, 1.82) is 0 Å². The van der Waals surface area contributed by atoms with Crippen molar-refractivity contribution in [3.8, 4) is 0 Å². The third kappa shape index (κ3) is 2.54. The molecule has 1 aromatic rings. The van der Waals surface area contributed by atoms with Crippen LogP contribution in [0.15, 0.2) is 12.3 Å². The van der Waals surface area contributed by atoms with Gasteiger partial charge in [-0.1, -0.05) is 18.5 Å². The minimum Gasteiger partial charge on any atom is -0.342 e. The molecule has 1 N–H and O–H groups in total. The van der Waals surface area contributed by atoms with Crippen molar-refractivity contribution < 1.29 is 4.79 Å². The van der Waals surface area contributed by atoms with Gasteiger partial charge in [0.2, 0.25) is 0 Å². The highest BCUT2D eigenvalue weighted by Crippen LogP contribution is 2.18. The van der Waals surface area contributed by atoms with Gasteiger partial charge >= 0.3 is 0 Å². The summed E-state index contributed by atoms with van der Waals surface area (Å²) in [6.45, 7) is 7.47. The highest BCUT2D eigenvalue weighted by molar-refractivity contribution is 6.31. The Morgan fingerprint density at radius 3 is 2.78 bits per heavy atom. The second-order valence-electron chi connectivity index (χ2n) is 4.64. The van der Waals surface area contributed by atoms with Crippen LogP contribution in [0, 0.1) is 0 Å². The summed E-state index contributed by atoms with van der Waals surface area (Å²) in [7, 11) is 0. The van der Waals surface area contributed by atoms with Crippen LogP contribution < -0.4 is 5.32 Å². The number of nitrogens with zero attached hydrogens (tertiary/aromatic N) is 2. The van der Waals surface area contributed by atoms with Gasteiger partial charge in [0.25, 0.3) is 5.91 Å². The lowest BCUT2D eigenvalue weighted by Crippen LogP contribution is -2.59. The van der Waals surface area contributed by atoms with Crippen LogP contribution in [0.25, 0.3) is 0 Å². The van der Waals surface area contributed by atoms with Crippen LogP contribution in [0.5, 0.6) is 0 Å². The van der Waals surface area contributed by atoms with Crippen molar-refractivity contribution in [3.05, 3.63) is 23.0 Å². The Morgan fingerprint density at radius 1 is 1.56 bits per heavy atom. The Labute approximate surface area is 113 Å². The van der Waals surface area contributed by atoms with E-state index in [1.807, 2.05) is 22.6 Å². The number of aryl methyl sites for hydroxylation is 1. The Bertz CT molecular complexity index is 426. The third-order valence-electron chi connectivity index (χ3n) is 3.35. The van der Waals surface area contributed by atoms with E-state index < -0.39 is 0 Å². The van der Waals surface area contributed by atoms with E-state index in [1.54, 1.807) is 6.07 Å². The molecular weight excluding hydrogens is 250 g/mol. The maximum Gasteiger partial charge on any atom is 0.270 e. The third-order valence-corrected chi connectivity index (χ3v) is 3.56. The van der Waals surface area contributed by atoms with Crippen LogP contribution in [0.1, 0.15) is 30.8 Å². The lowest BCUT2D eigenvalue weighted by atomic mass is 10.1. The van der Waals surface area contributed by atoms with Gasteiger partial charge in [-0.15, -0.1) is 0 Å². The highest BCUT2D eigenvalue weighted by Gasteiger charge is 2.29. The number of aromatic nitrogens is 1. The minimum absolute atomic E-state index is 0.0945. The van der Waals surface area contributed by atoms with E-state index >= 15 is 0 Å². The molecule has 100 valence electrons. The summed E-state index contributed by atoms with van der Waals surface area (Å²) in [5, 5.41) is 3.84. The fraction of sp³-hybridized carbons (Fsp3) is 0.615. The van der Waals surface area contributed by atoms with Crippen molar-refractivity contribution >= 4 is 17.5 Å². The van der Waals surface area contributed by atoms with Gasteiger partial charge in [-0.2, -0.15) is 0 Å². The minimum atomic E-state index is 0.0945. The standard InChI is InChI=1S/C13H20ClN3O/c1-3-5-17(11-7-15-8-11)13(18)12-6-10(14)9-16(12)4-2/h6,9,11,15H,3-5,7-8H2,1-2H3. The summed E-state index contributed by atoms with van der Waals surface area (Å²) in [5.74, 6) is 0.0945. The molecule has 0 saturated carbocycles. The molecule has 18 heavy (non-hydrogen) atoms. The lowest BCUT2D eigenvalue weighted by molar-refractivity contribution is 0.0605. The van der Waals surface area contributed by atoms with E-state index in [9.17, 15) is 4.79 Å². The van der Waals surface area contributed by atoms with E-state index in [4.69, 9.17) is 11.6 Å². The van der Waals surface area contributed by atoms with Crippen molar-refractivity contribution in [2.24, 2.45) is 0 Å². The van der Waals surface area contributed by atoms with Crippen molar-refractivity contribution in [3.63, 3.8) is 0 Å². The number of rotatable bonds is 5. The van der Waals surface area contributed by atoms with Gasteiger partial charge in [-0.05, 0) is 19.4 Å². The molecule has 0 atom stereocenters. The van der Waals surface area contributed by atoms with Gasteiger partial charge in [-0.3, -0.25) is 4.79 Å². The number of nitrogens with one attached hydrogen (secondary N) is 1. The van der Waals surface area contributed by atoms with E-state index in [2.05, 4.69) is 12.2 Å². The molecule has 0 bridgehead atoms. The van der Waals surface area contributed by atoms with Gasteiger partial charge in [0.1, 0.15) is 5.69 Å². The maximum absolute atomic E-state index is 12.6. The molecule has 5 heteroatoms. The lowest BCUT2D eigenvalue weighted by Gasteiger charge is -2.38. The Balaban J connectivity index is 2.20. The van der Waals surface area contributed by atoms with Crippen LogP contribution >= 0.6 is 11.6 Å². The summed E-state index contributed by atoms with van der Waals surface area (Å²) >= 11 is 5.99. The summed E-state index contributed by atoms with van der Waals surface area (Å²) in [5.41, 5.74) is 0.697. The maximum atomic E-state index is 12.6. The van der Waals surface area contributed by atoms with Gasteiger partial charge in [0, 0.05) is 32.4 Å². The Hall–Kier alpha value is -1.00. The topological polar surface area (TPSA) is 37.3 Å². The zero-order chi connectivity index (χ0) is 13.1. The van der Waals surface area contributed by atoms with Crippen molar-refractivity contribution in [2.75, 3.05) is 19.6 Å². The molecule has 0 aromatic carbocycles. The largest absolute Gasteiger partial charge is 0.342 e. The van der Waals surface area contributed by atoms with Crippen molar-refractivity contribution in [1.82, 2.24) is 14.8 Å². The summed E-state index contributed by atoms with van der Waals surface area (Å²) < 4.78 is 1.92. The molecule has 0 unspecified atom stereocenters. The summed E-state index contributed by atoms with van der Waals surface area (Å²) in [6, 6.07) is 2.10. The molecule has 1 fully saturated rings. The van der Waals surface area contributed by atoms with Crippen LogP contribution in [0.2, 0.25) is 5.02 Å². The Kier molecular flexibility index (Phi) is 4.30. The number of carbonyl (C=O) groups excluding carboxylic acids is 1. The van der Waals surface area contributed by atoms with Gasteiger partial charge < -0.3 is 14.8 Å². The molecule has 2 heterocycles. The van der Waals surface area contributed by atoms with E-state index in [0.29, 0.717) is 16.8 Å². The molecule has 0 aliphatic carbocycles. The zero-order valence-corrected chi connectivity index (χ0v) is 11.7. The first-order valence-corrected chi connectivity index (χ1v) is 6.92. The quantitative estimate of drug-likeness (QED) is 0.888. The number of amides is 1. The SMILES string of the molecule is CCCN(C(=O)c1cc(Cl)cn1CC)C1CNC1. The fourth-order valence-corrected chi connectivity index (χ4v) is 2.47. The molecule has 0 spiro atoms. The average molecular weight is 270 g/mol. The normalized spacial score (nSPS) is 15.5. The number of hydrogen-bond donors (Lipinski definition) is 1. The highest BCUT2D eigenvalue weighted by atomic mass is 35.5. The van der Waals surface area contributed by atoms with Crippen LogP contribution in [0.3, 0.4) is 0 Å². The predicted molar refractivity (Wildman–Crippen MR) is 73.1 cm³/mol. The monoisotopic (exact) mass is 269 g/mol. The summed E-state index contributed by atoms with van der Waals surface area (Å²) in [6.07, 6.45) is 2.79. The van der Waals surface area contributed by atoms with Crippen LogP contribution in [0.4, 0.5) is 0 Å². The molecule has 1 amide bonds. The van der Waals surface area contributed by atoms with E-state index in [0.717, 1.165) is 32.6 Å². The number of carbonyl (C=O) groups is 1. The van der Waals surface area contributed by atoms with Gasteiger partial charge in [0.15, 0.2) is 0 Å². The molecule has 1 aromatic heterocycles. The van der Waals surface area contributed by atoms with Crippen molar-refractivity contribution in [2.45, 2.75) is 32.9 Å². The van der Waals surface area contributed by atoms with Gasteiger partial charge in [-0.25, -0.2) is 0 Å². The fourth-order valence-electron chi connectivity index (χ4n) is 2.25.